The first kappa shape index (κ1) is 13.9. The quantitative estimate of drug-likeness (QED) is 0.900. The summed E-state index contributed by atoms with van der Waals surface area (Å²) in [7, 11) is 0. The number of aromatic nitrogens is 1. The van der Waals surface area contributed by atoms with E-state index in [0.717, 1.165) is 0 Å². The molecule has 0 saturated carbocycles. The fraction of sp³-hybridized carbons (Fsp3) is 0.133. The molecule has 1 aromatic carbocycles. The molecule has 22 heavy (non-hydrogen) atoms. The lowest BCUT2D eigenvalue weighted by Crippen LogP contribution is -2.38. The monoisotopic (exact) mass is 299 g/mol. The summed E-state index contributed by atoms with van der Waals surface area (Å²) in [6, 6.07) is 11.9. The van der Waals surface area contributed by atoms with Crippen LogP contribution in [0, 0.1) is 0 Å². The van der Waals surface area contributed by atoms with Gasteiger partial charge in [0.15, 0.2) is 0 Å². The fourth-order valence-electron chi connectivity index (χ4n) is 1.88. The lowest BCUT2D eigenvalue weighted by Gasteiger charge is -2.09. The molecule has 3 rings (SSSR count). The van der Waals surface area contributed by atoms with Crippen molar-refractivity contribution in [3.8, 4) is 11.6 Å². The highest BCUT2D eigenvalue weighted by Crippen LogP contribution is 2.19. The standard InChI is InChI=1S/C15H13N3O4/c19-14(12-9-21-15(20)18-12)17-10-6-7-13(16-8-10)22-11-4-2-1-3-5-11/h1-8,12H,9H2,(H,17,19)(H,18,20)/t12-/m0/s1. The number of benzene rings is 1. The molecule has 1 fully saturated rings. The molecule has 0 aliphatic carbocycles. The van der Waals surface area contributed by atoms with Crippen LogP contribution >= 0.6 is 0 Å². The highest BCUT2D eigenvalue weighted by Gasteiger charge is 2.28. The Bertz CT molecular complexity index is 673. The zero-order chi connectivity index (χ0) is 15.4. The number of carbonyl (C=O) groups excluding carboxylic acids is 2. The van der Waals surface area contributed by atoms with Crippen molar-refractivity contribution in [3.05, 3.63) is 48.7 Å². The minimum absolute atomic E-state index is 0.0211. The van der Waals surface area contributed by atoms with Crippen LogP contribution in [0.1, 0.15) is 0 Å². The largest absolute Gasteiger partial charge is 0.447 e. The van der Waals surface area contributed by atoms with Gasteiger partial charge < -0.3 is 20.1 Å². The second-order valence-electron chi connectivity index (χ2n) is 4.58. The van der Waals surface area contributed by atoms with Gasteiger partial charge in [0.25, 0.3) is 5.91 Å². The summed E-state index contributed by atoms with van der Waals surface area (Å²) in [6.07, 6.45) is 0.887. The smallest absolute Gasteiger partial charge is 0.407 e. The van der Waals surface area contributed by atoms with Crippen molar-refractivity contribution >= 4 is 17.7 Å². The topological polar surface area (TPSA) is 89.6 Å². The maximum atomic E-state index is 11.9. The normalized spacial score (nSPS) is 16.5. The molecule has 0 bridgehead atoms. The van der Waals surface area contributed by atoms with Gasteiger partial charge in [-0.15, -0.1) is 0 Å². The van der Waals surface area contributed by atoms with Crippen LogP contribution in [0.15, 0.2) is 48.7 Å². The third-order valence-electron chi connectivity index (χ3n) is 2.96. The number of para-hydroxylation sites is 1. The first-order valence-electron chi connectivity index (χ1n) is 6.64. The summed E-state index contributed by atoms with van der Waals surface area (Å²) in [5, 5.41) is 5.04. The van der Waals surface area contributed by atoms with Gasteiger partial charge in [-0.25, -0.2) is 9.78 Å². The zero-order valence-electron chi connectivity index (χ0n) is 11.5. The fourth-order valence-corrected chi connectivity index (χ4v) is 1.88. The van der Waals surface area contributed by atoms with Gasteiger partial charge in [-0.05, 0) is 18.2 Å². The van der Waals surface area contributed by atoms with Crippen molar-refractivity contribution in [1.29, 1.82) is 0 Å². The van der Waals surface area contributed by atoms with Gasteiger partial charge in [0.05, 0.1) is 11.9 Å². The van der Waals surface area contributed by atoms with E-state index >= 15 is 0 Å². The third-order valence-corrected chi connectivity index (χ3v) is 2.96. The van der Waals surface area contributed by atoms with Crippen LogP contribution in [-0.2, 0) is 9.53 Å². The molecule has 7 nitrogen and oxygen atoms in total. The molecule has 0 spiro atoms. The Labute approximate surface area is 126 Å². The summed E-state index contributed by atoms with van der Waals surface area (Å²) in [4.78, 5) is 26.9. The Kier molecular flexibility index (Phi) is 3.86. The summed E-state index contributed by atoms with van der Waals surface area (Å²) < 4.78 is 10.2. The third kappa shape index (κ3) is 3.32. The van der Waals surface area contributed by atoms with Crippen molar-refractivity contribution in [2.75, 3.05) is 11.9 Å². The maximum absolute atomic E-state index is 11.9. The molecule has 1 aliphatic rings. The van der Waals surface area contributed by atoms with Gasteiger partial charge in [-0.3, -0.25) is 4.79 Å². The van der Waals surface area contributed by atoms with Crippen molar-refractivity contribution in [3.63, 3.8) is 0 Å². The van der Waals surface area contributed by atoms with Gasteiger partial charge in [0.1, 0.15) is 18.4 Å². The van der Waals surface area contributed by atoms with Crippen LogP contribution in [0.2, 0.25) is 0 Å². The molecule has 0 unspecified atom stereocenters. The lowest BCUT2D eigenvalue weighted by molar-refractivity contribution is -0.117. The van der Waals surface area contributed by atoms with Crippen molar-refractivity contribution in [2.45, 2.75) is 6.04 Å². The Hall–Kier alpha value is -3.09. The number of rotatable bonds is 4. The van der Waals surface area contributed by atoms with Gasteiger partial charge in [-0.2, -0.15) is 0 Å². The molecule has 2 aromatic rings. The van der Waals surface area contributed by atoms with E-state index in [9.17, 15) is 9.59 Å². The Morgan fingerprint density at radius 3 is 2.73 bits per heavy atom. The molecule has 2 amide bonds. The average molecular weight is 299 g/mol. The molecule has 1 aromatic heterocycles. The number of pyridine rings is 1. The lowest BCUT2D eigenvalue weighted by atomic mass is 10.3. The van der Waals surface area contributed by atoms with E-state index in [1.165, 1.54) is 6.20 Å². The number of hydrogen-bond acceptors (Lipinski definition) is 5. The summed E-state index contributed by atoms with van der Waals surface area (Å²) in [5.74, 6) is 0.740. The van der Waals surface area contributed by atoms with E-state index in [4.69, 9.17) is 4.74 Å². The molecule has 112 valence electrons. The molecule has 2 heterocycles. The number of ether oxygens (including phenoxy) is 2. The predicted molar refractivity (Wildman–Crippen MR) is 77.7 cm³/mol. The molecule has 0 radical (unpaired) electrons. The highest BCUT2D eigenvalue weighted by molar-refractivity contribution is 5.97. The molecule has 2 N–H and O–H groups in total. The number of alkyl carbamates (subject to hydrolysis) is 1. The van der Waals surface area contributed by atoms with E-state index < -0.39 is 12.1 Å². The van der Waals surface area contributed by atoms with Crippen LogP contribution in [-0.4, -0.2) is 29.6 Å². The van der Waals surface area contributed by atoms with Crippen molar-refractivity contribution < 1.29 is 19.1 Å². The van der Waals surface area contributed by atoms with Crippen molar-refractivity contribution in [1.82, 2.24) is 10.3 Å². The van der Waals surface area contributed by atoms with E-state index in [2.05, 4.69) is 20.4 Å². The number of carbonyl (C=O) groups is 2. The van der Waals surface area contributed by atoms with E-state index in [-0.39, 0.29) is 12.5 Å². The van der Waals surface area contributed by atoms with Crippen LogP contribution in [0.5, 0.6) is 11.6 Å². The summed E-state index contributed by atoms with van der Waals surface area (Å²) >= 11 is 0. The number of amides is 2. The van der Waals surface area contributed by atoms with E-state index in [0.29, 0.717) is 17.3 Å². The molecule has 7 heteroatoms. The SMILES string of the molecule is O=C1N[C@H](C(=O)Nc2ccc(Oc3ccccc3)nc2)CO1. The first-order valence-corrected chi connectivity index (χ1v) is 6.64. The summed E-state index contributed by atoms with van der Waals surface area (Å²) in [5.41, 5.74) is 0.506. The predicted octanol–water partition coefficient (Wildman–Crippen LogP) is 1.92. The minimum Gasteiger partial charge on any atom is -0.447 e. The second-order valence-corrected chi connectivity index (χ2v) is 4.58. The molecule has 1 atom stereocenters. The molecular weight excluding hydrogens is 286 g/mol. The number of hydrogen-bond donors (Lipinski definition) is 2. The zero-order valence-corrected chi connectivity index (χ0v) is 11.5. The number of nitrogens with one attached hydrogen (secondary N) is 2. The molecule has 1 saturated heterocycles. The number of cyclic esters (lactones) is 1. The van der Waals surface area contributed by atoms with Crippen LogP contribution < -0.4 is 15.4 Å². The maximum Gasteiger partial charge on any atom is 0.407 e. The first-order chi connectivity index (χ1) is 10.7. The summed E-state index contributed by atoms with van der Waals surface area (Å²) in [6.45, 7) is 0.0211. The van der Waals surface area contributed by atoms with Crippen LogP contribution in [0.25, 0.3) is 0 Å². The molecule has 1 aliphatic heterocycles. The number of nitrogens with zero attached hydrogens (tertiary/aromatic N) is 1. The van der Waals surface area contributed by atoms with E-state index in [1.54, 1.807) is 12.1 Å². The van der Waals surface area contributed by atoms with Gasteiger partial charge in [-0.1, -0.05) is 18.2 Å². The Morgan fingerprint density at radius 2 is 2.09 bits per heavy atom. The van der Waals surface area contributed by atoms with Crippen LogP contribution in [0.3, 0.4) is 0 Å². The number of anilines is 1. The van der Waals surface area contributed by atoms with Gasteiger partial charge in [0.2, 0.25) is 5.88 Å². The second kappa shape index (κ2) is 6.13. The van der Waals surface area contributed by atoms with E-state index in [1.807, 2.05) is 30.3 Å². The Morgan fingerprint density at radius 1 is 1.27 bits per heavy atom. The molecular formula is C15H13N3O4. The average Bonchev–Trinajstić information content (AvgIpc) is 2.97. The highest BCUT2D eigenvalue weighted by atomic mass is 16.6. The van der Waals surface area contributed by atoms with Gasteiger partial charge >= 0.3 is 6.09 Å². The Balaban J connectivity index is 1.59. The van der Waals surface area contributed by atoms with Gasteiger partial charge in [0, 0.05) is 6.07 Å². The van der Waals surface area contributed by atoms with Crippen LogP contribution in [0.4, 0.5) is 10.5 Å². The minimum atomic E-state index is -0.687. The van der Waals surface area contributed by atoms with Crippen molar-refractivity contribution in [2.24, 2.45) is 0 Å².